The highest BCUT2D eigenvalue weighted by molar-refractivity contribution is 6.10. The number of aromatic hydroxyl groups is 1. The van der Waals surface area contributed by atoms with E-state index in [4.69, 9.17) is 0 Å². The topological polar surface area (TPSA) is 104 Å². The Hall–Kier alpha value is -5.16. The first-order valence-corrected chi connectivity index (χ1v) is 12.2. The molecule has 2 atom stereocenters. The molecule has 8 heteroatoms. The van der Waals surface area contributed by atoms with Gasteiger partial charge in [-0.15, -0.1) is 0 Å². The van der Waals surface area contributed by atoms with Crippen LogP contribution in [0.2, 0.25) is 0 Å². The lowest BCUT2D eigenvalue weighted by atomic mass is 9.61. The maximum absolute atomic E-state index is 13.7. The number of benzene rings is 2. The van der Waals surface area contributed by atoms with Crippen LogP contribution in [0.5, 0.6) is 5.75 Å². The highest BCUT2D eigenvalue weighted by Gasteiger charge is 2.59. The van der Waals surface area contributed by atoms with Gasteiger partial charge in [0.2, 0.25) is 0 Å². The van der Waals surface area contributed by atoms with E-state index in [-0.39, 0.29) is 35.0 Å². The second-order valence-electron chi connectivity index (χ2n) is 9.75. The zero-order valence-electron chi connectivity index (χ0n) is 20.2. The molecule has 1 spiro atoms. The predicted octanol–water partition coefficient (Wildman–Crippen LogP) is 3.71. The van der Waals surface area contributed by atoms with E-state index >= 15 is 0 Å². The van der Waals surface area contributed by atoms with Crippen LogP contribution in [0.4, 0.5) is 5.69 Å². The molecule has 2 aliphatic carbocycles. The Morgan fingerprint density at radius 2 is 1.92 bits per heavy atom. The van der Waals surface area contributed by atoms with Crippen molar-refractivity contribution >= 4 is 28.9 Å². The lowest BCUT2D eigenvalue weighted by molar-refractivity contribution is 0.0815. The van der Waals surface area contributed by atoms with E-state index in [1.54, 1.807) is 39.9 Å². The molecule has 2 N–H and O–H groups in total. The minimum absolute atomic E-state index is 0.0785. The van der Waals surface area contributed by atoms with Crippen LogP contribution in [0.25, 0.3) is 5.65 Å². The maximum atomic E-state index is 13.7. The Bertz CT molecular complexity index is 1820. The van der Waals surface area contributed by atoms with Crippen LogP contribution in [-0.4, -0.2) is 43.5 Å². The number of likely N-dealkylation sites (tertiary alicyclic amines) is 1. The molecule has 3 aliphatic rings. The zero-order valence-corrected chi connectivity index (χ0v) is 20.2. The Labute approximate surface area is 217 Å². The van der Waals surface area contributed by atoms with Crippen molar-refractivity contribution < 1.29 is 19.5 Å². The van der Waals surface area contributed by atoms with Crippen molar-refractivity contribution in [2.75, 3.05) is 11.9 Å². The summed E-state index contributed by atoms with van der Waals surface area (Å²) in [6, 6.07) is 15.0. The number of fused-ring (bicyclic) bond motifs is 2. The summed E-state index contributed by atoms with van der Waals surface area (Å²) in [4.78, 5) is 45.4. The number of rotatable bonds is 3. The number of amides is 2. The number of hydrogen-bond acceptors (Lipinski definition) is 5. The number of nitrogens with one attached hydrogen (secondary N) is 1. The van der Waals surface area contributed by atoms with Crippen molar-refractivity contribution in [3.05, 3.63) is 107 Å². The highest BCUT2D eigenvalue weighted by atomic mass is 16.3. The Morgan fingerprint density at radius 1 is 1.11 bits per heavy atom. The molecule has 1 aliphatic heterocycles. The molecule has 2 aromatic heterocycles. The van der Waals surface area contributed by atoms with E-state index in [0.717, 1.165) is 11.1 Å². The van der Waals surface area contributed by atoms with Gasteiger partial charge >= 0.3 is 0 Å². The second-order valence-corrected chi connectivity index (χ2v) is 9.75. The van der Waals surface area contributed by atoms with Crippen LogP contribution in [0, 0.1) is 24.7 Å². The molecule has 2 aromatic carbocycles. The maximum Gasteiger partial charge on any atom is 0.278 e. The summed E-state index contributed by atoms with van der Waals surface area (Å²) < 4.78 is 1.68. The second kappa shape index (κ2) is 7.67. The van der Waals surface area contributed by atoms with Crippen molar-refractivity contribution in [3.63, 3.8) is 0 Å². The fourth-order valence-electron chi connectivity index (χ4n) is 5.71. The summed E-state index contributed by atoms with van der Waals surface area (Å²) in [5.41, 5.74) is 4.22. The number of anilines is 1. The van der Waals surface area contributed by atoms with Crippen LogP contribution in [0.1, 0.15) is 42.3 Å². The molecular weight excluding hydrogens is 480 g/mol. The third kappa shape index (κ3) is 2.99. The molecule has 0 bridgehead atoms. The number of aromatic nitrogens is 2. The Kier molecular flexibility index (Phi) is 4.45. The van der Waals surface area contributed by atoms with Crippen LogP contribution in [0.15, 0.2) is 78.8 Å². The molecular formula is C30H20N4O4. The molecule has 38 heavy (non-hydrogen) atoms. The first kappa shape index (κ1) is 22.1. The van der Waals surface area contributed by atoms with E-state index in [2.05, 4.69) is 22.1 Å². The number of imidazole rings is 1. The third-order valence-corrected chi connectivity index (χ3v) is 7.53. The predicted molar refractivity (Wildman–Crippen MR) is 139 cm³/mol. The van der Waals surface area contributed by atoms with E-state index in [1.165, 1.54) is 24.3 Å². The fourth-order valence-corrected chi connectivity index (χ4v) is 5.71. The Balaban J connectivity index is 1.19. The number of aryl methyl sites for hydroxylation is 1. The first-order chi connectivity index (χ1) is 18.3. The average molecular weight is 501 g/mol. The number of allylic oxidation sites excluding steroid dienone is 2. The normalized spacial score (nSPS) is 20.4. The summed E-state index contributed by atoms with van der Waals surface area (Å²) >= 11 is 0. The van der Waals surface area contributed by atoms with E-state index in [0.29, 0.717) is 34.7 Å². The zero-order chi connectivity index (χ0) is 26.2. The van der Waals surface area contributed by atoms with Crippen LogP contribution in [0.3, 0.4) is 0 Å². The van der Waals surface area contributed by atoms with Crippen molar-refractivity contribution in [1.29, 1.82) is 0 Å². The number of phenolic OH excluding ortho intramolecular Hbond substituents is 1. The van der Waals surface area contributed by atoms with Gasteiger partial charge in [-0.2, -0.15) is 0 Å². The molecule has 4 aromatic rings. The molecule has 184 valence electrons. The largest absolute Gasteiger partial charge is 0.508 e. The quantitative estimate of drug-likeness (QED) is 0.418. The molecule has 0 saturated carbocycles. The third-order valence-electron chi connectivity index (χ3n) is 7.53. The van der Waals surface area contributed by atoms with Crippen LogP contribution >= 0.6 is 0 Å². The molecule has 3 heterocycles. The molecule has 8 nitrogen and oxygen atoms in total. The SMILES string of the molecule is Cc1cccc2c1[C@@]13C#C[C@@H]1CN(C(=O)c1cn4cc(NC(=O)c5ccc(O)cc5)ccc4n1)C3=CC2=O. The molecule has 2 amide bonds. The van der Waals surface area contributed by atoms with Crippen molar-refractivity contribution in [2.45, 2.75) is 12.3 Å². The van der Waals surface area contributed by atoms with Gasteiger partial charge in [-0.3, -0.25) is 14.4 Å². The smallest absolute Gasteiger partial charge is 0.278 e. The monoisotopic (exact) mass is 500 g/mol. The number of nitrogens with zero attached hydrogens (tertiary/aromatic N) is 3. The van der Waals surface area contributed by atoms with Crippen LogP contribution < -0.4 is 5.32 Å². The fraction of sp³-hybridized carbons (Fsp3) is 0.133. The first-order valence-electron chi connectivity index (χ1n) is 12.2. The summed E-state index contributed by atoms with van der Waals surface area (Å²) in [6.07, 6.45) is 4.85. The van der Waals surface area contributed by atoms with Gasteiger partial charge in [-0.25, -0.2) is 4.98 Å². The van der Waals surface area contributed by atoms with Crippen molar-refractivity contribution in [1.82, 2.24) is 14.3 Å². The highest BCUT2D eigenvalue weighted by Crippen LogP contribution is 2.54. The number of carbonyl (C=O) groups excluding carboxylic acids is 3. The van der Waals surface area contributed by atoms with E-state index in [9.17, 15) is 19.5 Å². The molecule has 1 fully saturated rings. The average Bonchev–Trinajstić information content (AvgIpc) is 3.41. The number of carbonyl (C=O) groups is 3. The molecule has 0 unspecified atom stereocenters. The van der Waals surface area contributed by atoms with Gasteiger partial charge in [0.1, 0.15) is 22.5 Å². The number of ketones is 1. The molecule has 0 radical (unpaired) electrons. The minimum atomic E-state index is -0.644. The molecule has 7 rings (SSSR count). The Morgan fingerprint density at radius 3 is 2.68 bits per heavy atom. The lowest BCUT2D eigenvalue weighted by Crippen LogP contribution is -2.42. The summed E-state index contributed by atoms with van der Waals surface area (Å²) in [6.45, 7) is 2.37. The number of pyridine rings is 1. The van der Waals surface area contributed by atoms with Gasteiger partial charge in [0.25, 0.3) is 11.8 Å². The summed E-state index contributed by atoms with van der Waals surface area (Å²) in [5, 5.41) is 12.2. The van der Waals surface area contributed by atoms with Gasteiger partial charge in [0.05, 0.1) is 11.6 Å². The molecule has 1 saturated heterocycles. The lowest BCUT2D eigenvalue weighted by Gasteiger charge is -2.39. The van der Waals surface area contributed by atoms with Gasteiger partial charge < -0.3 is 19.7 Å². The van der Waals surface area contributed by atoms with E-state index in [1.807, 2.05) is 25.1 Å². The van der Waals surface area contributed by atoms with Gasteiger partial charge in [0, 0.05) is 41.8 Å². The summed E-state index contributed by atoms with van der Waals surface area (Å²) in [7, 11) is 0. The van der Waals surface area contributed by atoms with Gasteiger partial charge in [-0.1, -0.05) is 30.0 Å². The van der Waals surface area contributed by atoms with E-state index < -0.39 is 5.41 Å². The van der Waals surface area contributed by atoms with Crippen molar-refractivity contribution in [2.24, 2.45) is 5.92 Å². The minimum Gasteiger partial charge on any atom is -0.508 e. The van der Waals surface area contributed by atoms with Crippen LogP contribution in [-0.2, 0) is 5.41 Å². The number of phenols is 1. The van der Waals surface area contributed by atoms with Crippen molar-refractivity contribution in [3.8, 4) is 17.6 Å². The summed E-state index contributed by atoms with van der Waals surface area (Å²) in [5.74, 6) is 5.75. The standard InChI is InChI=1S/C30H20N4O4/c1-17-3-2-4-22-24(36)13-25-30(27(17)22)12-11-19(30)14-34(25)29(38)23-16-33-15-20(7-10-26(33)32-23)31-28(37)18-5-8-21(35)9-6-18/h2-10,13,15-16,19,35H,14H2,1H3,(H,31,37)/t19-,30+/m1/s1. The number of hydrogen-bond donors (Lipinski definition) is 2. The van der Waals surface area contributed by atoms with Gasteiger partial charge in [0.15, 0.2) is 5.78 Å². The van der Waals surface area contributed by atoms with Gasteiger partial charge in [-0.05, 0) is 54.4 Å².